The number of anilines is 1. The Bertz CT molecular complexity index is 1190. The number of rotatable bonds is 6. The summed E-state index contributed by atoms with van der Waals surface area (Å²) in [6, 6.07) is 13.0. The molecule has 9 heteroatoms. The van der Waals surface area contributed by atoms with E-state index < -0.39 is 11.9 Å². The van der Waals surface area contributed by atoms with Gasteiger partial charge in [0.2, 0.25) is 0 Å². The Morgan fingerprint density at radius 1 is 1.20 bits per heavy atom. The first kappa shape index (κ1) is 19.6. The highest BCUT2D eigenvalue weighted by Crippen LogP contribution is 2.27. The van der Waals surface area contributed by atoms with Crippen LogP contribution in [-0.4, -0.2) is 33.2 Å². The van der Waals surface area contributed by atoms with Crippen LogP contribution in [0.25, 0.3) is 17.1 Å². The Labute approximate surface area is 176 Å². The fraction of sp³-hybridized carbons (Fsp3) is 0.143. The summed E-state index contributed by atoms with van der Waals surface area (Å²) in [4.78, 5) is 28.9. The molecule has 0 spiro atoms. The lowest BCUT2D eigenvalue weighted by Gasteiger charge is -2.01. The van der Waals surface area contributed by atoms with Crippen LogP contribution in [0.1, 0.15) is 33.5 Å². The number of hydrogen-bond acceptors (Lipinski definition) is 7. The molecule has 0 unspecified atom stereocenters. The van der Waals surface area contributed by atoms with E-state index in [-0.39, 0.29) is 17.4 Å². The number of para-hydroxylation sites is 1. The van der Waals surface area contributed by atoms with Crippen molar-refractivity contribution in [1.82, 2.24) is 14.8 Å². The monoisotopic (exact) mass is 422 g/mol. The molecule has 4 rings (SSSR count). The minimum absolute atomic E-state index is 0.152. The molecule has 0 fully saturated rings. The van der Waals surface area contributed by atoms with Gasteiger partial charge in [-0.3, -0.25) is 10.1 Å². The van der Waals surface area contributed by atoms with Crippen molar-refractivity contribution in [2.75, 3.05) is 11.9 Å². The second-order valence-electron chi connectivity index (χ2n) is 6.29. The van der Waals surface area contributed by atoms with Crippen molar-refractivity contribution in [2.24, 2.45) is 0 Å². The third kappa shape index (κ3) is 4.01. The Morgan fingerprint density at radius 3 is 2.70 bits per heavy atom. The van der Waals surface area contributed by atoms with Crippen molar-refractivity contribution >= 4 is 28.3 Å². The van der Waals surface area contributed by atoms with Crippen molar-refractivity contribution in [3.05, 3.63) is 71.1 Å². The summed E-state index contributed by atoms with van der Waals surface area (Å²) in [5, 5.41) is 9.11. The highest BCUT2D eigenvalue weighted by molar-refractivity contribution is 7.14. The Hall–Kier alpha value is -3.72. The first-order valence-electron chi connectivity index (χ1n) is 9.21. The zero-order chi connectivity index (χ0) is 21.1. The van der Waals surface area contributed by atoms with Gasteiger partial charge in [0.1, 0.15) is 11.5 Å². The van der Waals surface area contributed by atoms with Gasteiger partial charge in [-0.2, -0.15) is 5.10 Å². The maximum absolute atomic E-state index is 13.0. The largest absolute Gasteiger partial charge is 0.461 e. The Morgan fingerprint density at radius 2 is 2.00 bits per heavy atom. The van der Waals surface area contributed by atoms with Gasteiger partial charge in [-0.15, -0.1) is 11.3 Å². The number of benzene rings is 1. The normalized spacial score (nSPS) is 10.7. The number of aryl methyl sites for hydroxylation is 1. The first-order valence-corrected chi connectivity index (χ1v) is 10.1. The van der Waals surface area contributed by atoms with Gasteiger partial charge in [-0.25, -0.2) is 14.5 Å². The second-order valence-corrected chi connectivity index (χ2v) is 7.15. The first-order chi connectivity index (χ1) is 14.5. The molecule has 30 heavy (non-hydrogen) atoms. The van der Waals surface area contributed by atoms with E-state index in [2.05, 4.69) is 15.4 Å². The van der Waals surface area contributed by atoms with Gasteiger partial charge >= 0.3 is 5.97 Å². The molecular formula is C21H18N4O4S. The summed E-state index contributed by atoms with van der Waals surface area (Å²) < 4.78 is 12.2. The number of nitrogens with zero attached hydrogens (tertiary/aromatic N) is 3. The minimum atomic E-state index is -0.530. The van der Waals surface area contributed by atoms with E-state index in [0.717, 1.165) is 17.0 Å². The van der Waals surface area contributed by atoms with Crippen LogP contribution in [0.2, 0.25) is 0 Å². The zero-order valence-electron chi connectivity index (χ0n) is 16.3. The number of amides is 1. The number of aromatic nitrogens is 3. The van der Waals surface area contributed by atoms with Gasteiger partial charge in [0.25, 0.3) is 5.91 Å². The molecule has 1 amide bonds. The molecule has 1 aromatic carbocycles. The zero-order valence-corrected chi connectivity index (χ0v) is 17.1. The van der Waals surface area contributed by atoms with Crippen LogP contribution in [0, 0.1) is 6.92 Å². The van der Waals surface area contributed by atoms with E-state index in [4.69, 9.17) is 9.15 Å². The number of hydrogen-bond donors (Lipinski definition) is 1. The number of carbonyl (C=O) groups is 2. The number of esters is 1. The lowest BCUT2D eigenvalue weighted by molar-refractivity contribution is 0.0520. The topological polar surface area (TPSA) is 99.2 Å². The quantitative estimate of drug-likeness (QED) is 0.465. The molecule has 8 nitrogen and oxygen atoms in total. The number of ether oxygens (including phenoxy) is 1. The van der Waals surface area contributed by atoms with E-state index in [1.54, 1.807) is 23.9 Å². The SMILES string of the molecule is CCOC(=O)c1csc(NC(=O)c2cn(-c3ccccc3)nc2-c2ccc(C)o2)n1. The molecule has 152 valence electrons. The van der Waals surface area contributed by atoms with Crippen LogP contribution in [0.4, 0.5) is 5.13 Å². The summed E-state index contributed by atoms with van der Waals surface area (Å²) in [7, 11) is 0. The van der Waals surface area contributed by atoms with Gasteiger partial charge in [0.15, 0.2) is 16.6 Å². The van der Waals surface area contributed by atoms with E-state index in [1.807, 2.05) is 43.3 Å². The highest BCUT2D eigenvalue weighted by Gasteiger charge is 2.22. The van der Waals surface area contributed by atoms with Crippen LogP contribution in [-0.2, 0) is 4.74 Å². The van der Waals surface area contributed by atoms with Gasteiger partial charge < -0.3 is 9.15 Å². The highest BCUT2D eigenvalue weighted by atomic mass is 32.1. The molecule has 0 saturated carbocycles. The third-order valence-electron chi connectivity index (χ3n) is 4.16. The van der Waals surface area contributed by atoms with Crippen LogP contribution >= 0.6 is 11.3 Å². The Kier molecular flexibility index (Phi) is 5.44. The maximum atomic E-state index is 13.0. The molecule has 0 radical (unpaired) electrons. The van der Waals surface area contributed by atoms with Crippen molar-refractivity contribution in [3.63, 3.8) is 0 Å². The number of thiazole rings is 1. The van der Waals surface area contributed by atoms with Crippen molar-refractivity contribution in [1.29, 1.82) is 0 Å². The van der Waals surface area contributed by atoms with Gasteiger partial charge in [0, 0.05) is 11.6 Å². The molecule has 0 atom stereocenters. The standard InChI is InChI=1S/C21H18N4O4S/c1-3-28-20(27)16-12-30-21(22-16)23-19(26)15-11-25(14-7-5-4-6-8-14)24-18(15)17-10-9-13(2)29-17/h4-12H,3H2,1-2H3,(H,22,23,26). The second kappa shape index (κ2) is 8.34. The van der Waals surface area contributed by atoms with Gasteiger partial charge in [-0.1, -0.05) is 18.2 Å². The Balaban J connectivity index is 1.66. The molecule has 0 aliphatic heterocycles. The fourth-order valence-corrected chi connectivity index (χ4v) is 3.47. The van der Waals surface area contributed by atoms with E-state index in [0.29, 0.717) is 22.8 Å². The summed E-state index contributed by atoms with van der Waals surface area (Å²) in [5.41, 5.74) is 1.69. The lowest BCUT2D eigenvalue weighted by Crippen LogP contribution is -2.12. The summed E-state index contributed by atoms with van der Waals surface area (Å²) in [6.45, 7) is 3.79. The minimum Gasteiger partial charge on any atom is -0.461 e. The number of nitrogens with one attached hydrogen (secondary N) is 1. The average molecular weight is 422 g/mol. The molecule has 0 saturated heterocycles. The molecule has 0 aliphatic carbocycles. The lowest BCUT2D eigenvalue weighted by atomic mass is 10.2. The molecule has 0 bridgehead atoms. The summed E-state index contributed by atoms with van der Waals surface area (Å²) in [5.74, 6) is 0.257. The fourth-order valence-electron chi connectivity index (χ4n) is 2.79. The molecule has 4 aromatic rings. The third-order valence-corrected chi connectivity index (χ3v) is 4.92. The smallest absolute Gasteiger partial charge is 0.357 e. The van der Waals surface area contributed by atoms with Gasteiger partial charge in [0.05, 0.1) is 17.9 Å². The van der Waals surface area contributed by atoms with E-state index >= 15 is 0 Å². The predicted molar refractivity (Wildman–Crippen MR) is 112 cm³/mol. The van der Waals surface area contributed by atoms with Crippen molar-refractivity contribution in [3.8, 4) is 17.1 Å². The summed E-state index contributed by atoms with van der Waals surface area (Å²) >= 11 is 1.14. The van der Waals surface area contributed by atoms with Gasteiger partial charge in [-0.05, 0) is 38.1 Å². The predicted octanol–water partition coefficient (Wildman–Crippen LogP) is 4.33. The molecular weight excluding hydrogens is 404 g/mol. The molecule has 1 N–H and O–H groups in total. The van der Waals surface area contributed by atoms with E-state index in [1.165, 1.54) is 5.38 Å². The van der Waals surface area contributed by atoms with Crippen LogP contribution in [0.3, 0.4) is 0 Å². The van der Waals surface area contributed by atoms with Crippen molar-refractivity contribution < 1.29 is 18.7 Å². The number of carbonyl (C=O) groups excluding carboxylic acids is 2. The van der Waals surface area contributed by atoms with Crippen molar-refractivity contribution in [2.45, 2.75) is 13.8 Å². The average Bonchev–Trinajstić information content (AvgIpc) is 3.48. The van der Waals surface area contributed by atoms with Crippen LogP contribution in [0.15, 0.2) is 58.5 Å². The summed E-state index contributed by atoms with van der Waals surface area (Å²) in [6.07, 6.45) is 1.64. The van der Waals surface area contributed by atoms with E-state index in [9.17, 15) is 9.59 Å². The van der Waals surface area contributed by atoms with Crippen LogP contribution in [0.5, 0.6) is 0 Å². The molecule has 3 aromatic heterocycles. The molecule has 3 heterocycles. The maximum Gasteiger partial charge on any atom is 0.357 e. The molecule has 0 aliphatic rings. The number of furan rings is 1. The van der Waals surface area contributed by atoms with Crippen LogP contribution < -0.4 is 5.32 Å².